The molecule has 7 nitrogen and oxygen atoms in total. The third-order valence-electron chi connectivity index (χ3n) is 5.23. The van der Waals surface area contributed by atoms with Gasteiger partial charge in [0.1, 0.15) is 5.82 Å². The summed E-state index contributed by atoms with van der Waals surface area (Å²) in [4.78, 5) is 18.9. The van der Waals surface area contributed by atoms with Crippen LogP contribution in [0.15, 0.2) is 18.3 Å². The van der Waals surface area contributed by atoms with Crippen molar-refractivity contribution in [2.75, 3.05) is 25.5 Å². The average Bonchev–Trinajstić information content (AvgIpc) is 3.01. The normalized spacial score (nSPS) is 15.0. The van der Waals surface area contributed by atoms with E-state index in [-0.39, 0.29) is 5.91 Å². The first-order valence-electron chi connectivity index (χ1n) is 9.61. The Bertz CT molecular complexity index is 776. The van der Waals surface area contributed by atoms with Crippen LogP contribution in [0.3, 0.4) is 0 Å². The number of aryl methyl sites for hydroxylation is 2. The van der Waals surface area contributed by atoms with Gasteiger partial charge >= 0.3 is 0 Å². The van der Waals surface area contributed by atoms with Crippen LogP contribution in [0.1, 0.15) is 48.3 Å². The summed E-state index contributed by atoms with van der Waals surface area (Å²) in [5.74, 6) is 2.26. The molecule has 2 aromatic rings. The van der Waals surface area contributed by atoms with Gasteiger partial charge in [-0.3, -0.25) is 4.79 Å². The summed E-state index contributed by atoms with van der Waals surface area (Å²) >= 11 is 0. The van der Waals surface area contributed by atoms with Crippen molar-refractivity contribution < 1.29 is 9.53 Å². The first-order chi connectivity index (χ1) is 13.0. The van der Waals surface area contributed by atoms with E-state index in [2.05, 4.69) is 29.2 Å². The van der Waals surface area contributed by atoms with E-state index in [1.165, 1.54) is 0 Å². The fraction of sp³-hybridized carbons (Fsp3) is 0.550. The first-order valence-corrected chi connectivity index (χ1v) is 9.61. The van der Waals surface area contributed by atoms with E-state index in [1.807, 2.05) is 24.1 Å². The molecule has 0 bridgehead atoms. The Balaban J connectivity index is 1.64. The topological polar surface area (TPSA) is 72.3 Å². The lowest BCUT2D eigenvalue weighted by atomic mass is 9.99. The lowest BCUT2D eigenvalue weighted by Crippen LogP contribution is -2.37. The van der Waals surface area contributed by atoms with Gasteiger partial charge in [-0.1, -0.05) is 13.8 Å². The minimum absolute atomic E-state index is 0.0724. The summed E-state index contributed by atoms with van der Waals surface area (Å²) in [5, 5.41) is 7.79. The second-order valence-corrected chi connectivity index (χ2v) is 7.17. The van der Waals surface area contributed by atoms with Crippen molar-refractivity contribution in [1.82, 2.24) is 19.7 Å². The summed E-state index contributed by atoms with van der Waals surface area (Å²) < 4.78 is 7.22. The van der Waals surface area contributed by atoms with Crippen LogP contribution < -0.4 is 10.1 Å². The van der Waals surface area contributed by atoms with Gasteiger partial charge in [-0.15, -0.1) is 0 Å². The standard InChI is InChI=1S/C20H29N5O2/c1-5-17-16(20(27-4)24(3)23-17)13-22-18-7-6-15(12-21-18)19(26)25-10-8-14(2)9-11-25/h6-7,12,14H,5,8-11,13H2,1-4H3,(H,21,22). The smallest absolute Gasteiger partial charge is 0.255 e. The molecule has 1 aliphatic heterocycles. The molecule has 0 unspecified atom stereocenters. The second-order valence-electron chi connectivity index (χ2n) is 7.17. The van der Waals surface area contributed by atoms with Gasteiger partial charge in [0.25, 0.3) is 5.91 Å². The minimum Gasteiger partial charge on any atom is -0.481 e. The Kier molecular flexibility index (Phi) is 5.98. The van der Waals surface area contributed by atoms with E-state index in [4.69, 9.17) is 4.74 Å². The number of anilines is 1. The number of rotatable bonds is 6. The summed E-state index contributed by atoms with van der Waals surface area (Å²) in [6.45, 7) is 6.56. The molecule has 0 radical (unpaired) electrons. The molecule has 3 heterocycles. The van der Waals surface area contributed by atoms with Crippen molar-refractivity contribution in [2.45, 2.75) is 39.7 Å². The Morgan fingerprint density at radius 1 is 1.33 bits per heavy atom. The summed E-state index contributed by atoms with van der Waals surface area (Å²) in [6.07, 6.45) is 4.64. The quantitative estimate of drug-likeness (QED) is 0.845. The number of nitrogens with one attached hydrogen (secondary N) is 1. The molecule has 0 aliphatic carbocycles. The van der Waals surface area contributed by atoms with Gasteiger partial charge in [0.2, 0.25) is 5.88 Å². The van der Waals surface area contributed by atoms with Crippen molar-refractivity contribution in [3.8, 4) is 5.88 Å². The predicted octanol–water partition coefficient (Wildman–Crippen LogP) is 2.87. The third kappa shape index (κ3) is 4.23. The Hall–Kier alpha value is -2.57. The number of methoxy groups -OCH3 is 1. The molecule has 1 fully saturated rings. The van der Waals surface area contributed by atoms with Crippen LogP contribution in [0.2, 0.25) is 0 Å². The number of piperidine rings is 1. The Morgan fingerprint density at radius 2 is 2.07 bits per heavy atom. The maximum Gasteiger partial charge on any atom is 0.255 e. The summed E-state index contributed by atoms with van der Waals surface area (Å²) in [7, 11) is 3.53. The Labute approximate surface area is 160 Å². The largest absolute Gasteiger partial charge is 0.481 e. The number of pyridine rings is 1. The maximum atomic E-state index is 12.6. The number of hydrogen-bond acceptors (Lipinski definition) is 5. The molecular formula is C20H29N5O2. The van der Waals surface area contributed by atoms with Gasteiger partial charge in [0, 0.05) is 32.9 Å². The molecule has 1 N–H and O–H groups in total. The first kappa shape index (κ1) is 19.2. The van der Waals surface area contributed by atoms with Crippen LogP contribution in [-0.2, 0) is 20.0 Å². The molecule has 0 spiro atoms. The number of hydrogen-bond donors (Lipinski definition) is 1. The van der Waals surface area contributed by atoms with Gasteiger partial charge in [-0.2, -0.15) is 5.10 Å². The molecule has 0 aromatic carbocycles. The number of aromatic nitrogens is 3. The van der Waals surface area contributed by atoms with E-state index in [1.54, 1.807) is 18.0 Å². The molecule has 3 rings (SSSR count). The van der Waals surface area contributed by atoms with Crippen molar-refractivity contribution in [2.24, 2.45) is 13.0 Å². The second kappa shape index (κ2) is 8.41. The van der Waals surface area contributed by atoms with E-state index < -0.39 is 0 Å². The van der Waals surface area contributed by atoms with Gasteiger partial charge in [0.15, 0.2) is 0 Å². The van der Waals surface area contributed by atoms with E-state index in [0.29, 0.717) is 18.0 Å². The lowest BCUT2D eigenvalue weighted by Gasteiger charge is -2.30. The summed E-state index contributed by atoms with van der Waals surface area (Å²) in [6, 6.07) is 3.70. The fourth-order valence-corrected chi connectivity index (χ4v) is 3.52. The average molecular weight is 371 g/mol. The summed E-state index contributed by atoms with van der Waals surface area (Å²) in [5.41, 5.74) is 2.68. The molecule has 27 heavy (non-hydrogen) atoms. The van der Waals surface area contributed by atoms with Crippen LogP contribution in [0.4, 0.5) is 5.82 Å². The number of ether oxygens (including phenoxy) is 1. The molecule has 146 valence electrons. The Morgan fingerprint density at radius 3 is 2.67 bits per heavy atom. The highest BCUT2D eigenvalue weighted by Gasteiger charge is 2.21. The molecule has 7 heteroatoms. The highest BCUT2D eigenvalue weighted by Crippen LogP contribution is 2.23. The SMILES string of the molecule is CCc1nn(C)c(OC)c1CNc1ccc(C(=O)N2CCC(C)CC2)cn1. The molecule has 1 amide bonds. The number of amides is 1. The number of carbonyl (C=O) groups is 1. The van der Waals surface area contributed by atoms with Gasteiger partial charge in [-0.05, 0) is 37.3 Å². The van der Waals surface area contributed by atoms with Crippen molar-refractivity contribution >= 4 is 11.7 Å². The fourth-order valence-electron chi connectivity index (χ4n) is 3.52. The third-order valence-corrected chi connectivity index (χ3v) is 5.23. The van der Waals surface area contributed by atoms with Crippen LogP contribution in [0.5, 0.6) is 5.88 Å². The van der Waals surface area contributed by atoms with Crippen molar-refractivity contribution in [1.29, 1.82) is 0 Å². The molecule has 0 atom stereocenters. The highest BCUT2D eigenvalue weighted by atomic mass is 16.5. The molecule has 1 saturated heterocycles. The van der Waals surface area contributed by atoms with Gasteiger partial charge in [0.05, 0.1) is 23.9 Å². The van der Waals surface area contributed by atoms with E-state index >= 15 is 0 Å². The number of carbonyl (C=O) groups excluding carboxylic acids is 1. The zero-order valence-corrected chi connectivity index (χ0v) is 16.7. The zero-order valence-electron chi connectivity index (χ0n) is 16.7. The monoisotopic (exact) mass is 371 g/mol. The van der Waals surface area contributed by atoms with Gasteiger partial charge in [-0.25, -0.2) is 9.67 Å². The predicted molar refractivity (Wildman–Crippen MR) is 105 cm³/mol. The lowest BCUT2D eigenvalue weighted by molar-refractivity contribution is 0.0697. The van der Waals surface area contributed by atoms with Crippen LogP contribution in [0, 0.1) is 5.92 Å². The minimum atomic E-state index is 0.0724. The van der Waals surface area contributed by atoms with Crippen LogP contribution >= 0.6 is 0 Å². The van der Waals surface area contributed by atoms with Crippen LogP contribution in [-0.4, -0.2) is 45.8 Å². The van der Waals surface area contributed by atoms with Crippen LogP contribution in [0.25, 0.3) is 0 Å². The van der Waals surface area contributed by atoms with Crippen molar-refractivity contribution in [3.05, 3.63) is 35.2 Å². The number of nitrogens with zero attached hydrogens (tertiary/aromatic N) is 4. The molecular weight excluding hydrogens is 342 g/mol. The number of likely N-dealkylation sites (tertiary alicyclic amines) is 1. The van der Waals surface area contributed by atoms with E-state index in [9.17, 15) is 4.79 Å². The maximum absolute atomic E-state index is 12.6. The molecule has 0 saturated carbocycles. The molecule has 2 aromatic heterocycles. The van der Waals surface area contributed by atoms with Gasteiger partial charge < -0.3 is 15.0 Å². The molecule has 1 aliphatic rings. The van der Waals surface area contributed by atoms with E-state index in [0.717, 1.165) is 55.3 Å². The van der Waals surface area contributed by atoms with Crippen molar-refractivity contribution in [3.63, 3.8) is 0 Å². The zero-order chi connectivity index (χ0) is 19.4. The highest BCUT2D eigenvalue weighted by molar-refractivity contribution is 5.94.